The molecule has 2 N–H and O–H groups in total. The standard InChI is InChI=1S/C13H19N5O2/c1-2-20-13(19)3-7-18-8-6-17-12(18)10-14-9-11-15-4-5-16-11/h4-6,8,14H,2-3,7,9-10H2,1H3,(H,15,16). The number of hydrogen-bond donors (Lipinski definition) is 2. The van der Waals surface area contributed by atoms with Crippen molar-refractivity contribution in [1.82, 2.24) is 24.8 Å². The Balaban J connectivity index is 1.77. The fraction of sp³-hybridized carbons (Fsp3) is 0.462. The number of ether oxygens (including phenoxy) is 1. The average Bonchev–Trinajstić information content (AvgIpc) is 3.08. The van der Waals surface area contributed by atoms with Crippen molar-refractivity contribution < 1.29 is 9.53 Å². The molecule has 0 aliphatic rings. The highest BCUT2D eigenvalue weighted by Crippen LogP contribution is 2.01. The molecule has 0 aromatic carbocycles. The van der Waals surface area contributed by atoms with Crippen molar-refractivity contribution in [2.45, 2.75) is 33.0 Å². The van der Waals surface area contributed by atoms with Gasteiger partial charge in [0, 0.05) is 31.3 Å². The summed E-state index contributed by atoms with van der Waals surface area (Å²) in [4.78, 5) is 22.8. The molecule has 0 spiro atoms. The van der Waals surface area contributed by atoms with Crippen LogP contribution in [0.3, 0.4) is 0 Å². The average molecular weight is 277 g/mol. The van der Waals surface area contributed by atoms with Gasteiger partial charge in [0.05, 0.1) is 26.1 Å². The van der Waals surface area contributed by atoms with Crippen molar-refractivity contribution in [2.75, 3.05) is 6.61 Å². The normalized spacial score (nSPS) is 10.7. The Morgan fingerprint density at radius 2 is 2.30 bits per heavy atom. The molecule has 7 nitrogen and oxygen atoms in total. The summed E-state index contributed by atoms with van der Waals surface area (Å²) in [5.74, 6) is 1.59. The van der Waals surface area contributed by atoms with Crippen molar-refractivity contribution in [3.8, 4) is 0 Å². The minimum absolute atomic E-state index is 0.185. The molecule has 20 heavy (non-hydrogen) atoms. The fourth-order valence-corrected chi connectivity index (χ4v) is 1.84. The van der Waals surface area contributed by atoms with E-state index in [1.54, 1.807) is 25.5 Å². The lowest BCUT2D eigenvalue weighted by Gasteiger charge is -2.08. The number of rotatable bonds is 8. The summed E-state index contributed by atoms with van der Waals surface area (Å²) in [7, 11) is 0. The summed E-state index contributed by atoms with van der Waals surface area (Å²) in [5.41, 5.74) is 0. The number of aromatic nitrogens is 4. The second kappa shape index (κ2) is 7.44. The first-order chi connectivity index (χ1) is 9.79. The van der Waals surface area contributed by atoms with Gasteiger partial charge in [-0.3, -0.25) is 4.79 Å². The molecule has 0 bridgehead atoms. The van der Waals surface area contributed by atoms with Gasteiger partial charge in [-0.15, -0.1) is 0 Å². The molecule has 0 saturated carbocycles. The second-order valence-corrected chi connectivity index (χ2v) is 4.23. The summed E-state index contributed by atoms with van der Waals surface area (Å²) in [5, 5.41) is 3.25. The first kappa shape index (κ1) is 14.3. The van der Waals surface area contributed by atoms with Gasteiger partial charge in [0.25, 0.3) is 0 Å². The molecule has 108 valence electrons. The highest BCUT2D eigenvalue weighted by atomic mass is 16.5. The zero-order valence-corrected chi connectivity index (χ0v) is 11.5. The van der Waals surface area contributed by atoms with Crippen molar-refractivity contribution in [2.24, 2.45) is 0 Å². The van der Waals surface area contributed by atoms with E-state index in [0.717, 1.165) is 11.6 Å². The van der Waals surface area contributed by atoms with Crippen molar-refractivity contribution in [1.29, 1.82) is 0 Å². The highest BCUT2D eigenvalue weighted by molar-refractivity contribution is 5.69. The molecule has 0 unspecified atom stereocenters. The van der Waals surface area contributed by atoms with Crippen LogP contribution in [0.15, 0.2) is 24.8 Å². The lowest BCUT2D eigenvalue weighted by Crippen LogP contribution is -2.18. The first-order valence-electron chi connectivity index (χ1n) is 6.64. The largest absolute Gasteiger partial charge is 0.466 e. The SMILES string of the molecule is CCOC(=O)CCn1ccnc1CNCc1ncc[nH]1. The molecule has 2 aromatic rings. The van der Waals surface area contributed by atoms with E-state index in [2.05, 4.69) is 20.3 Å². The molecule has 0 saturated heterocycles. The van der Waals surface area contributed by atoms with Crippen LogP contribution >= 0.6 is 0 Å². The van der Waals surface area contributed by atoms with E-state index < -0.39 is 0 Å². The number of nitrogens with one attached hydrogen (secondary N) is 2. The van der Waals surface area contributed by atoms with E-state index in [9.17, 15) is 4.79 Å². The lowest BCUT2D eigenvalue weighted by molar-refractivity contribution is -0.143. The molecule has 0 atom stereocenters. The Morgan fingerprint density at radius 1 is 1.40 bits per heavy atom. The van der Waals surface area contributed by atoms with Gasteiger partial charge in [0.15, 0.2) is 0 Å². The quantitative estimate of drug-likeness (QED) is 0.699. The predicted octanol–water partition coefficient (Wildman–Crippen LogP) is 0.849. The van der Waals surface area contributed by atoms with Crippen LogP contribution in [0, 0.1) is 0 Å². The molecule has 0 fully saturated rings. The van der Waals surface area contributed by atoms with Crippen LogP contribution < -0.4 is 5.32 Å². The Labute approximate surface area is 117 Å². The van der Waals surface area contributed by atoms with Gasteiger partial charge in [-0.25, -0.2) is 9.97 Å². The number of carbonyl (C=O) groups excluding carboxylic acids is 1. The van der Waals surface area contributed by atoms with Crippen molar-refractivity contribution in [3.63, 3.8) is 0 Å². The van der Waals surface area contributed by atoms with Crippen LogP contribution in [0.1, 0.15) is 25.0 Å². The van der Waals surface area contributed by atoms with Gasteiger partial charge in [-0.1, -0.05) is 0 Å². The van der Waals surface area contributed by atoms with Crippen LogP contribution in [0.2, 0.25) is 0 Å². The van der Waals surface area contributed by atoms with Gasteiger partial charge in [-0.05, 0) is 6.92 Å². The number of imidazole rings is 2. The Hall–Kier alpha value is -2.15. The van der Waals surface area contributed by atoms with Gasteiger partial charge >= 0.3 is 5.97 Å². The van der Waals surface area contributed by atoms with Gasteiger partial charge in [0.1, 0.15) is 11.6 Å². The number of H-pyrrole nitrogens is 1. The van der Waals surface area contributed by atoms with Crippen LogP contribution in [-0.2, 0) is 29.2 Å². The van der Waals surface area contributed by atoms with Gasteiger partial charge in [-0.2, -0.15) is 0 Å². The number of esters is 1. The zero-order chi connectivity index (χ0) is 14.2. The molecular formula is C13H19N5O2. The zero-order valence-electron chi connectivity index (χ0n) is 11.5. The Kier molecular flexibility index (Phi) is 5.31. The molecule has 2 rings (SSSR count). The van der Waals surface area contributed by atoms with E-state index in [1.165, 1.54) is 0 Å². The third-order valence-corrected chi connectivity index (χ3v) is 2.79. The summed E-state index contributed by atoms with van der Waals surface area (Å²) < 4.78 is 6.86. The van der Waals surface area contributed by atoms with Crippen LogP contribution in [0.5, 0.6) is 0 Å². The van der Waals surface area contributed by atoms with E-state index in [4.69, 9.17) is 4.74 Å². The molecule has 0 amide bonds. The molecule has 0 aliphatic carbocycles. The predicted molar refractivity (Wildman–Crippen MR) is 72.6 cm³/mol. The molecule has 7 heteroatoms. The maximum atomic E-state index is 11.3. The summed E-state index contributed by atoms with van der Waals surface area (Å²) in [6.45, 7) is 4.07. The fourth-order valence-electron chi connectivity index (χ4n) is 1.84. The minimum Gasteiger partial charge on any atom is -0.466 e. The molecule has 2 heterocycles. The van der Waals surface area contributed by atoms with Gasteiger partial charge < -0.3 is 19.6 Å². The van der Waals surface area contributed by atoms with E-state index in [1.807, 2.05) is 10.8 Å². The lowest BCUT2D eigenvalue weighted by atomic mass is 10.4. The maximum Gasteiger partial charge on any atom is 0.307 e. The molecular weight excluding hydrogens is 258 g/mol. The molecule has 0 radical (unpaired) electrons. The maximum absolute atomic E-state index is 11.3. The Morgan fingerprint density at radius 3 is 3.05 bits per heavy atom. The highest BCUT2D eigenvalue weighted by Gasteiger charge is 2.06. The molecule has 2 aromatic heterocycles. The van der Waals surface area contributed by atoms with Crippen LogP contribution in [0.4, 0.5) is 0 Å². The van der Waals surface area contributed by atoms with Gasteiger partial charge in [0.2, 0.25) is 0 Å². The summed E-state index contributed by atoms with van der Waals surface area (Å²) >= 11 is 0. The summed E-state index contributed by atoms with van der Waals surface area (Å²) in [6, 6.07) is 0. The summed E-state index contributed by atoms with van der Waals surface area (Å²) in [6.07, 6.45) is 7.46. The monoisotopic (exact) mass is 277 g/mol. The third-order valence-electron chi connectivity index (χ3n) is 2.79. The first-order valence-corrected chi connectivity index (χ1v) is 6.64. The second-order valence-electron chi connectivity index (χ2n) is 4.23. The number of aromatic amines is 1. The molecule has 0 aliphatic heterocycles. The number of aryl methyl sites for hydroxylation is 1. The van der Waals surface area contributed by atoms with E-state index >= 15 is 0 Å². The number of hydrogen-bond acceptors (Lipinski definition) is 5. The Bertz CT molecular complexity index is 521. The topological polar surface area (TPSA) is 84.8 Å². The van der Waals surface area contributed by atoms with E-state index in [0.29, 0.717) is 32.7 Å². The third kappa shape index (κ3) is 4.20. The van der Waals surface area contributed by atoms with E-state index in [-0.39, 0.29) is 5.97 Å². The van der Waals surface area contributed by atoms with Crippen LogP contribution in [0.25, 0.3) is 0 Å². The van der Waals surface area contributed by atoms with Crippen molar-refractivity contribution >= 4 is 5.97 Å². The number of nitrogens with zero attached hydrogens (tertiary/aromatic N) is 3. The minimum atomic E-state index is -0.185. The smallest absolute Gasteiger partial charge is 0.307 e. The number of carbonyl (C=O) groups is 1. The van der Waals surface area contributed by atoms with Crippen LogP contribution in [-0.4, -0.2) is 32.1 Å². The van der Waals surface area contributed by atoms with Crippen molar-refractivity contribution in [3.05, 3.63) is 36.4 Å².